The molecule has 1 aromatic carbocycles. The number of nitrogens with two attached hydrogens (primary N) is 1. The number of amides is 2. The molecule has 1 aliphatic carbocycles. The average Bonchev–Trinajstić information content (AvgIpc) is 2.50. The van der Waals surface area contributed by atoms with Gasteiger partial charge in [0.25, 0.3) is 5.91 Å². The summed E-state index contributed by atoms with van der Waals surface area (Å²) in [5.74, 6) is -0.279. The second kappa shape index (κ2) is 8.76. The van der Waals surface area contributed by atoms with E-state index in [0.29, 0.717) is 17.3 Å². The molecule has 0 aromatic heterocycles. The molecule has 2 amide bonds. The standard InChI is InChI=1S/C16H23N3O2.ClH/c1-11-9-12(7-8-14(11)19-15(20)10-17)16(21)18-13-5-3-2-4-6-13;/h7-9,13H,2-6,10,17H2,1H3,(H,18,21)(H,19,20);1H. The van der Waals surface area contributed by atoms with Crippen molar-refractivity contribution in [1.29, 1.82) is 0 Å². The third kappa shape index (κ3) is 5.00. The molecule has 5 nitrogen and oxygen atoms in total. The minimum Gasteiger partial charge on any atom is -0.349 e. The van der Waals surface area contributed by atoms with Crippen LogP contribution in [0.15, 0.2) is 18.2 Å². The zero-order chi connectivity index (χ0) is 15.2. The van der Waals surface area contributed by atoms with Gasteiger partial charge in [-0.1, -0.05) is 19.3 Å². The van der Waals surface area contributed by atoms with E-state index < -0.39 is 0 Å². The molecule has 0 atom stereocenters. The third-order valence-electron chi connectivity index (χ3n) is 3.89. The molecule has 2 rings (SSSR count). The van der Waals surface area contributed by atoms with Crippen LogP contribution in [0, 0.1) is 6.92 Å². The molecule has 1 fully saturated rings. The number of halogens is 1. The van der Waals surface area contributed by atoms with Gasteiger partial charge in [-0.3, -0.25) is 9.59 Å². The number of rotatable bonds is 4. The van der Waals surface area contributed by atoms with Crippen LogP contribution in [0.1, 0.15) is 48.0 Å². The molecule has 122 valence electrons. The first-order chi connectivity index (χ1) is 10.1. The van der Waals surface area contributed by atoms with Gasteiger partial charge < -0.3 is 16.4 Å². The Bertz CT molecular complexity index is 528. The lowest BCUT2D eigenvalue weighted by Crippen LogP contribution is -2.36. The smallest absolute Gasteiger partial charge is 0.251 e. The maximum atomic E-state index is 12.2. The summed E-state index contributed by atoms with van der Waals surface area (Å²) in [5.41, 5.74) is 7.45. The van der Waals surface area contributed by atoms with Gasteiger partial charge in [0.05, 0.1) is 6.54 Å². The Morgan fingerprint density at radius 3 is 2.50 bits per heavy atom. The van der Waals surface area contributed by atoms with Crippen molar-refractivity contribution >= 4 is 29.9 Å². The van der Waals surface area contributed by atoms with Crippen molar-refractivity contribution in [2.24, 2.45) is 5.73 Å². The Kier molecular flexibility index (Phi) is 7.35. The summed E-state index contributed by atoms with van der Waals surface area (Å²) in [6.07, 6.45) is 5.77. The fourth-order valence-corrected chi connectivity index (χ4v) is 2.66. The monoisotopic (exact) mass is 325 g/mol. The van der Waals surface area contributed by atoms with E-state index in [2.05, 4.69) is 10.6 Å². The van der Waals surface area contributed by atoms with Crippen molar-refractivity contribution in [2.75, 3.05) is 11.9 Å². The number of anilines is 1. The summed E-state index contributed by atoms with van der Waals surface area (Å²) in [7, 11) is 0. The third-order valence-corrected chi connectivity index (χ3v) is 3.89. The first-order valence-corrected chi connectivity index (χ1v) is 7.51. The van der Waals surface area contributed by atoms with Gasteiger partial charge in [-0.15, -0.1) is 12.4 Å². The van der Waals surface area contributed by atoms with E-state index in [1.807, 2.05) is 6.92 Å². The van der Waals surface area contributed by atoms with E-state index in [0.717, 1.165) is 18.4 Å². The van der Waals surface area contributed by atoms with Crippen molar-refractivity contribution in [3.05, 3.63) is 29.3 Å². The first kappa shape index (κ1) is 18.5. The Morgan fingerprint density at radius 1 is 1.23 bits per heavy atom. The predicted octanol–water partition coefficient (Wildman–Crippen LogP) is 2.38. The van der Waals surface area contributed by atoms with E-state index in [4.69, 9.17) is 5.73 Å². The molecular formula is C16H24ClN3O2. The number of carbonyl (C=O) groups excluding carboxylic acids is 2. The highest BCUT2D eigenvalue weighted by molar-refractivity contribution is 5.97. The van der Waals surface area contributed by atoms with Gasteiger partial charge in [0.1, 0.15) is 0 Å². The van der Waals surface area contributed by atoms with Crippen molar-refractivity contribution in [3.63, 3.8) is 0 Å². The maximum absolute atomic E-state index is 12.2. The van der Waals surface area contributed by atoms with Crippen molar-refractivity contribution < 1.29 is 9.59 Å². The number of benzene rings is 1. The highest BCUT2D eigenvalue weighted by atomic mass is 35.5. The lowest BCUT2D eigenvalue weighted by atomic mass is 9.95. The first-order valence-electron chi connectivity index (χ1n) is 7.51. The quantitative estimate of drug-likeness (QED) is 0.794. The molecule has 4 N–H and O–H groups in total. The van der Waals surface area contributed by atoms with Crippen LogP contribution in [0.5, 0.6) is 0 Å². The van der Waals surface area contributed by atoms with Gasteiger partial charge in [-0.25, -0.2) is 0 Å². The number of hydrogen-bond donors (Lipinski definition) is 3. The van der Waals surface area contributed by atoms with E-state index >= 15 is 0 Å². The molecule has 0 radical (unpaired) electrons. The molecule has 0 aliphatic heterocycles. The zero-order valence-electron chi connectivity index (χ0n) is 12.9. The summed E-state index contributed by atoms with van der Waals surface area (Å²) < 4.78 is 0. The fourth-order valence-electron chi connectivity index (χ4n) is 2.66. The number of nitrogens with one attached hydrogen (secondary N) is 2. The van der Waals surface area contributed by atoms with Crippen LogP contribution in [-0.2, 0) is 4.79 Å². The van der Waals surface area contributed by atoms with Gasteiger partial charge in [0.15, 0.2) is 0 Å². The Balaban J connectivity index is 0.00000242. The van der Waals surface area contributed by atoms with Gasteiger partial charge in [-0.05, 0) is 43.5 Å². The molecule has 1 aromatic rings. The molecule has 22 heavy (non-hydrogen) atoms. The molecule has 1 aliphatic rings. The van der Waals surface area contributed by atoms with Gasteiger partial charge in [0.2, 0.25) is 5.91 Å². The molecule has 6 heteroatoms. The summed E-state index contributed by atoms with van der Waals surface area (Å²) in [5, 5.41) is 5.80. The minimum atomic E-state index is -0.238. The van der Waals surface area contributed by atoms with E-state index in [-0.39, 0.29) is 30.8 Å². The predicted molar refractivity (Wildman–Crippen MR) is 90.5 cm³/mol. The molecule has 0 bridgehead atoms. The second-order valence-corrected chi connectivity index (χ2v) is 5.59. The van der Waals surface area contributed by atoms with Crippen LogP contribution in [-0.4, -0.2) is 24.4 Å². The van der Waals surface area contributed by atoms with E-state index in [9.17, 15) is 9.59 Å². The zero-order valence-corrected chi connectivity index (χ0v) is 13.7. The van der Waals surface area contributed by atoms with Crippen LogP contribution < -0.4 is 16.4 Å². The van der Waals surface area contributed by atoms with Crippen molar-refractivity contribution in [2.45, 2.75) is 45.1 Å². The number of hydrogen-bond acceptors (Lipinski definition) is 3. The second-order valence-electron chi connectivity index (χ2n) is 5.59. The van der Waals surface area contributed by atoms with Crippen molar-refractivity contribution in [1.82, 2.24) is 5.32 Å². The minimum absolute atomic E-state index is 0. The van der Waals surface area contributed by atoms with E-state index in [1.165, 1.54) is 19.3 Å². The lowest BCUT2D eigenvalue weighted by Gasteiger charge is -2.23. The number of carbonyl (C=O) groups is 2. The Morgan fingerprint density at radius 2 is 1.91 bits per heavy atom. The molecule has 0 heterocycles. The molecule has 0 spiro atoms. The van der Waals surface area contributed by atoms with Crippen LogP contribution >= 0.6 is 12.4 Å². The van der Waals surface area contributed by atoms with E-state index in [1.54, 1.807) is 18.2 Å². The Hall–Kier alpha value is -1.59. The fraction of sp³-hybridized carbons (Fsp3) is 0.500. The molecule has 0 saturated heterocycles. The lowest BCUT2D eigenvalue weighted by molar-refractivity contribution is -0.114. The topological polar surface area (TPSA) is 84.2 Å². The highest BCUT2D eigenvalue weighted by Gasteiger charge is 2.17. The molecule has 1 saturated carbocycles. The summed E-state index contributed by atoms with van der Waals surface area (Å²) >= 11 is 0. The van der Waals surface area contributed by atoms with Gasteiger partial charge in [0, 0.05) is 17.3 Å². The van der Waals surface area contributed by atoms with Crippen LogP contribution in [0.3, 0.4) is 0 Å². The van der Waals surface area contributed by atoms with Crippen LogP contribution in [0.2, 0.25) is 0 Å². The Labute approximate surface area is 137 Å². The van der Waals surface area contributed by atoms with Crippen LogP contribution in [0.4, 0.5) is 5.69 Å². The van der Waals surface area contributed by atoms with Crippen molar-refractivity contribution in [3.8, 4) is 0 Å². The molecular weight excluding hydrogens is 302 g/mol. The molecule has 0 unspecified atom stereocenters. The van der Waals surface area contributed by atoms with Gasteiger partial charge >= 0.3 is 0 Å². The summed E-state index contributed by atoms with van der Waals surface area (Å²) in [6, 6.07) is 5.57. The SMILES string of the molecule is Cc1cc(C(=O)NC2CCCCC2)ccc1NC(=O)CN.Cl. The number of aryl methyl sites for hydroxylation is 1. The maximum Gasteiger partial charge on any atom is 0.251 e. The highest BCUT2D eigenvalue weighted by Crippen LogP contribution is 2.19. The summed E-state index contributed by atoms with van der Waals surface area (Å²) in [4.78, 5) is 23.5. The summed E-state index contributed by atoms with van der Waals surface area (Å²) in [6.45, 7) is 1.81. The normalized spacial score (nSPS) is 14.8. The average molecular weight is 326 g/mol. The van der Waals surface area contributed by atoms with Crippen LogP contribution in [0.25, 0.3) is 0 Å². The largest absolute Gasteiger partial charge is 0.349 e. The van der Waals surface area contributed by atoms with Gasteiger partial charge in [-0.2, -0.15) is 0 Å².